The Hall–Kier alpha value is -1.23. The highest BCUT2D eigenvalue weighted by Gasteiger charge is 2.40. The molecular formula is C19H26N2OS. The standard InChI is InChI=1S/C19H26N2OS/c1-2-22-16-19(10-8-18-7-4-13-23-18)9-5-12-21(19)15-17-6-3-11-20-14-17/h3-4,6-7,11,13-14H,2,5,8-10,12,15-16H2,1H3. The molecule has 2 aromatic heterocycles. The molecule has 3 heterocycles. The van der Waals surface area contributed by atoms with Crippen molar-refractivity contribution in [3.8, 4) is 0 Å². The van der Waals surface area contributed by atoms with Gasteiger partial charge in [-0.15, -0.1) is 11.3 Å². The van der Waals surface area contributed by atoms with Crippen LogP contribution in [0.1, 0.15) is 36.6 Å². The predicted molar refractivity (Wildman–Crippen MR) is 95.7 cm³/mol. The fourth-order valence-corrected chi connectivity index (χ4v) is 4.28. The van der Waals surface area contributed by atoms with E-state index in [0.29, 0.717) is 0 Å². The summed E-state index contributed by atoms with van der Waals surface area (Å²) in [5.41, 5.74) is 1.47. The maximum absolute atomic E-state index is 5.90. The van der Waals surface area contributed by atoms with Crippen LogP contribution >= 0.6 is 11.3 Å². The van der Waals surface area contributed by atoms with E-state index in [9.17, 15) is 0 Å². The zero-order valence-corrected chi connectivity index (χ0v) is 14.7. The first-order valence-corrected chi connectivity index (χ1v) is 9.44. The number of ether oxygens (including phenoxy) is 1. The molecule has 23 heavy (non-hydrogen) atoms. The molecule has 0 aliphatic carbocycles. The molecule has 3 rings (SSSR count). The van der Waals surface area contributed by atoms with Crippen molar-refractivity contribution in [3.63, 3.8) is 0 Å². The molecule has 0 amide bonds. The van der Waals surface area contributed by atoms with Crippen LogP contribution in [0, 0.1) is 0 Å². The fraction of sp³-hybridized carbons (Fsp3) is 0.526. The Bertz CT molecular complexity index is 572. The maximum Gasteiger partial charge on any atom is 0.0650 e. The van der Waals surface area contributed by atoms with Crippen molar-refractivity contribution in [2.45, 2.75) is 44.7 Å². The van der Waals surface area contributed by atoms with Crippen LogP contribution in [0.2, 0.25) is 0 Å². The molecule has 0 bridgehead atoms. The van der Waals surface area contributed by atoms with E-state index in [1.807, 2.05) is 29.8 Å². The van der Waals surface area contributed by atoms with Crippen LogP contribution in [-0.4, -0.2) is 35.2 Å². The second kappa shape index (κ2) is 8.04. The van der Waals surface area contributed by atoms with Gasteiger partial charge >= 0.3 is 0 Å². The van der Waals surface area contributed by atoms with Gasteiger partial charge < -0.3 is 4.74 Å². The summed E-state index contributed by atoms with van der Waals surface area (Å²) in [5, 5.41) is 2.17. The molecule has 0 N–H and O–H groups in total. The van der Waals surface area contributed by atoms with Crippen molar-refractivity contribution >= 4 is 11.3 Å². The van der Waals surface area contributed by atoms with Crippen molar-refractivity contribution in [3.05, 3.63) is 52.5 Å². The number of aromatic nitrogens is 1. The Morgan fingerprint density at radius 1 is 1.35 bits per heavy atom. The van der Waals surface area contributed by atoms with Gasteiger partial charge in [0.15, 0.2) is 0 Å². The summed E-state index contributed by atoms with van der Waals surface area (Å²) in [6.07, 6.45) is 8.65. The van der Waals surface area contributed by atoms with Crippen LogP contribution in [0.25, 0.3) is 0 Å². The first kappa shape index (κ1) is 16.6. The van der Waals surface area contributed by atoms with Crippen molar-refractivity contribution in [1.29, 1.82) is 0 Å². The third-order valence-corrected chi connectivity index (χ3v) is 5.77. The Balaban J connectivity index is 1.72. The predicted octanol–water partition coefficient (Wildman–Crippen LogP) is 4.15. The topological polar surface area (TPSA) is 25.4 Å². The largest absolute Gasteiger partial charge is 0.380 e. The smallest absolute Gasteiger partial charge is 0.0650 e. The SMILES string of the molecule is CCOCC1(CCc2cccs2)CCCN1Cc1cccnc1. The highest BCUT2D eigenvalue weighted by Crippen LogP contribution is 2.35. The van der Waals surface area contributed by atoms with E-state index in [1.54, 1.807) is 0 Å². The summed E-state index contributed by atoms with van der Waals surface area (Å²) in [6, 6.07) is 8.61. The minimum absolute atomic E-state index is 0.176. The third-order valence-electron chi connectivity index (χ3n) is 4.83. The van der Waals surface area contributed by atoms with Crippen molar-refractivity contribution in [2.75, 3.05) is 19.8 Å². The molecule has 1 fully saturated rings. The van der Waals surface area contributed by atoms with Gasteiger partial charge in [-0.05, 0) is 62.2 Å². The number of hydrogen-bond donors (Lipinski definition) is 0. The van der Waals surface area contributed by atoms with E-state index in [2.05, 4.69) is 40.4 Å². The molecule has 1 saturated heterocycles. The Kier molecular flexibility index (Phi) is 5.81. The zero-order chi connectivity index (χ0) is 16.0. The van der Waals surface area contributed by atoms with E-state index in [1.165, 1.54) is 29.7 Å². The number of hydrogen-bond acceptors (Lipinski definition) is 4. The molecule has 1 unspecified atom stereocenters. The summed E-state index contributed by atoms with van der Waals surface area (Å²) in [4.78, 5) is 8.38. The number of likely N-dealkylation sites (tertiary alicyclic amines) is 1. The van der Waals surface area contributed by atoms with Crippen LogP contribution < -0.4 is 0 Å². The third kappa shape index (κ3) is 4.19. The summed E-state index contributed by atoms with van der Waals surface area (Å²) in [6.45, 7) is 5.86. The Morgan fingerprint density at radius 2 is 2.30 bits per heavy atom. The fourth-order valence-electron chi connectivity index (χ4n) is 3.57. The summed E-state index contributed by atoms with van der Waals surface area (Å²) in [5.74, 6) is 0. The quantitative estimate of drug-likeness (QED) is 0.727. The van der Waals surface area contributed by atoms with E-state index >= 15 is 0 Å². The molecule has 0 aromatic carbocycles. The Labute approximate surface area is 143 Å². The number of pyridine rings is 1. The van der Waals surface area contributed by atoms with E-state index in [0.717, 1.165) is 32.7 Å². The summed E-state index contributed by atoms with van der Waals surface area (Å²) in [7, 11) is 0. The van der Waals surface area contributed by atoms with Gasteiger partial charge in [-0.2, -0.15) is 0 Å². The molecule has 3 nitrogen and oxygen atoms in total. The minimum Gasteiger partial charge on any atom is -0.380 e. The van der Waals surface area contributed by atoms with E-state index in [-0.39, 0.29) is 5.54 Å². The average molecular weight is 330 g/mol. The van der Waals surface area contributed by atoms with E-state index < -0.39 is 0 Å². The van der Waals surface area contributed by atoms with Gasteiger partial charge in [-0.3, -0.25) is 9.88 Å². The van der Waals surface area contributed by atoms with Crippen molar-refractivity contribution in [1.82, 2.24) is 9.88 Å². The molecule has 1 atom stereocenters. The first-order valence-electron chi connectivity index (χ1n) is 8.56. The molecule has 124 valence electrons. The number of thiophene rings is 1. The van der Waals surface area contributed by atoms with Gasteiger partial charge in [0.1, 0.15) is 0 Å². The van der Waals surface area contributed by atoms with Gasteiger partial charge in [-0.1, -0.05) is 12.1 Å². The molecule has 0 radical (unpaired) electrons. The zero-order valence-electron chi connectivity index (χ0n) is 13.9. The molecule has 0 spiro atoms. The van der Waals surface area contributed by atoms with Crippen LogP contribution in [0.15, 0.2) is 42.0 Å². The van der Waals surface area contributed by atoms with Gasteiger partial charge in [-0.25, -0.2) is 0 Å². The van der Waals surface area contributed by atoms with Crippen LogP contribution in [0.4, 0.5) is 0 Å². The maximum atomic E-state index is 5.90. The summed E-state index contributed by atoms with van der Waals surface area (Å²) >= 11 is 1.86. The van der Waals surface area contributed by atoms with Crippen LogP contribution in [0.3, 0.4) is 0 Å². The van der Waals surface area contributed by atoms with Gasteiger partial charge in [0.05, 0.1) is 6.61 Å². The molecule has 2 aromatic rings. The number of aryl methyl sites for hydroxylation is 1. The normalized spacial score (nSPS) is 21.8. The summed E-state index contributed by atoms with van der Waals surface area (Å²) < 4.78 is 5.90. The lowest BCUT2D eigenvalue weighted by molar-refractivity contribution is 0.00974. The highest BCUT2D eigenvalue weighted by molar-refractivity contribution is 7.09. The van der Waals surface area contributed by atoms with Gasteiger partial charge in [0, 0.05) is 36.0 Å². The van der Waals surface area contributed by atoms with Gasteiger partial charge in [0.2, 0.25) is 0 Å². The van der Waals surface area contributed by atoms with Crippen molar-refractivity contribution in [2.24, 2.45) is 0 Å². The lowest BCUT2D eigenvalue weighted by Crippen LogP contribution is -2.47. The molecule has 1 aliphatic heterocycles. The second-order valence-corrected chi connectivity index (χ2v) is 7.36. The van der Waals surface area contributed by atoms with Crippen LogP contribution in [0.5, 0.6) is 0 Å². The van der Waals surface area contributed by atoms with Crippen molar-refractivity contribution < 1.29 is 4.74 Å². The Morgan fingerprint density at radius 3 is 3.04 bits per heavy atom. The molecule has 0 saturated carbocycles. The monoisotopic (exact) mass is 330 g/mol. The second-order valence-electron chi connectivity index (χ2n) is 6.33. The first-order chi connectivity index (χ1) is 11.3. The molecular weight excluding hydrogens is 304 g/mol. The number of rotatable bonds is 8. The van der Waals surface area contributed by atoms with E-state index in [4.69, 9.17) is 4.74 Å². The lowest BCUT2D eigenvalue weighted by Gasteiger charge is -2.38. The minimum atomic E-state index is 0.176. The highest BCUT2D eigenvalue weighted by atomic mass is 32.1. The van der Waals surface area contributed by atoms with Crippen LogP contribution in [-0.2, 0) is 17.7 Å². The number of nitrogens with zero attached hydrogens (tertiary/aromatic N) is 2. The van der Waals surface area contributed by atoms with Gasteiger partial charge in [0.25, 0.3) is 0 Å². The lowest BCUT2D eigenvalue weighted by atomic mass is 9.90. The molecule has 1 aliphatic rings. The average Bonchev–Trinajstić information content (AvgIpc) is 3.23. The molecule has 4 heteroatoms.